The summed E-state index contributed by atoms with van der Waals surface area (Å²) >= 11 is 0. The highest BCUT2D eigenvalue weighted by molar-refractivity contribution is 6.22. The second kappa shape index (κ2) is 7.02. The van der Waals surface area contributed by atoms with Gasteiger partial charge in [-0.25, -0.2) is 9.69 Å². The van der Waals surface area contributed by atoms with E-state index in [1.807, 2.05) is 0 Å². The first-order valence-electron chi connectivity index (χ1n) is 8.16. The lowest BCUT2D eigenvalue weighted by Crippen LogP contribution is -2.53. The van der Waals surface area contributed by atoms with Crippen LogP contribution in [-0.4, -0.2) is 60.9 Å². The van der Waals surface area contributed by atoms with Crippen molar-refractivity contribution in [1.29, 1.82) is 0 Å². The molecule has 2 heterocycles. The van der Waals surface area contributed by atoms with Crippen molar-refractivity contribution in [3.63, 3.8) is 0 Å². The van der Waals surface area contributed by atoms with Gasteiger partial charge in [-0.1, -0.05) is 0 Å². The average molecular weight is 345 g/mol. The maximum Gasteiger partial charge on any atom is 0.338 e. The molecule has 3 rings (SSSR count). The molecular weight excluding hydrogens is 326 g/mol. The van der Waals surface area contributed by atoms with Gasteiger partial charge in [-0.15, -0.1) is 0 Å². The van der Waals surface area contributed by atoms with Gasteiger partial charge in [0, 0.05) is 13.1 Å². The predicted octanol–water partition coefficient (Wildman–Crippen LogP) is -0.0730. The van der Waals surface area contributed by atoms with Crippen molar-refractivity contribution in [1.82, 2.24) is 10.2 Å². The molecule has 1 N–H and O–H groups in total. The van der Waals surface area contributed by atoms with Gasteiger partial charge in [0.1, 0.15) is 0 Å². The normalized spacial score (nSPS) is 21.4. The number of carbonyl (C=O) groups excluding carboxylic acids is 4. The van der Waals surface area contributed by atoms with E-state index in [2.05, 4.69) is 5.32 Å². The number of piperazine rings is 1. The second-order valence-corrected chi connectivity index (χ2v) is 5.88. The lowest BCUT2D eigenvalue weighted by atomic mass is 10.2. The van der Waals surface area contributed by atoms with E-state index in [4.69, 9.17) is 4.74 Å². The van der Waals surface area contributed by atoms with Gasteiger partial charge in [0.15, 0.2) is 0 Å². The van der Waals surface area contributed by atoms with E-state index in [1.165, 1.54) is 12.1 Å². The number of ether oxygens (including phenoxy) is 1. The van der Waals surface area contributed by atoms with E-state index in [0.717, 1.165) is 4.90 Å². The van der Waals surface area contributed by atoms with Gasteiger partial charge in [-0.3, -0.25) is 19.3 Å². The van der Waals surface area contributed by atoms with Gasteiger partial charge in [0.2, 0.25) is 11.8 Å². The van der Waals surface area contributed by atoms with Crippen molar-refractivity contribution in [2.24, 2.45) is 0 Å². The third-order valence-electron chi connectivity index (χ3n) is 4.27. The van der Waals surface area contributed by atoms with Gasteiger partial charge < -0.3 is 10.1 Å². The largest absolute Gasteiger partial charge is 0.462 e. The summed E-state index contributed by atoms with van der Waals surface area (Å²) in [4.78, 5) is 51.1. The molecule has 0 unspecified atom stereocenters. The number of hydrogen-bond donors (Lipinski definition) is 1. The highest BCUT2D eigenvalue weighted by Crippen LogP contribution is 2.26. The van der Waals surface area contributed by atoms with Crippen LogP contribution in [0, 0.1) is 0 Å². The van der Waals surface area contributed by atoms with Crippen LogP contribution in [0.5, 0.6) is 0 Å². The van der Waals surface area contributed by atoms with Crippen LogP contribution in [0.25, 0.3) is 0 Å². The van der Waals surface area contributed by atoms with Crippen molar-refractivity contribution in [2.75, 3.05) is 31.1 Å². The molecule has 0 saturated carbocycles. The number of amides is 3. The van der Waals surface area contributed by atoms with Gasteiger partial charge in [0.05, 0.1) is 36.9 Å². The summed E-state index contributed by atoms with van der Waals surface area (Å²) in [6, 6.07) is 5.52. The Hall–Kier alpha value is -2.74. The fourth-order valence-corrected chi connectivity index (χ4v) is 3.06. The summed E-state index contributed by atoms with van der Waals surface area (Å²) in [5, 5.41) is 2.70. The second-order valence-electron chi connectivity index (χ2n) is 5.88. The van der Waals surface area contributed by atoms with Crippen LogP contribution in [0.3, 0.4) is 0 Å². The molecule has 2 aliphatic rings. The van der Waals surface area contributed by atoms with Gasteiger partial charge >= 0.3 is 5.97 Å². The first-order valence-corrected chi connectivity index (χ1v) is 8.16. The summed E-state index contributed by atoms with van der Waals surface area (Å²) in [5.74, 6) is -1.26. The summed E-state index contributed by atoms with van der Waals surface area (Å²) in [5.41, 5.74) is 0.765. The molecule has 0 aliphatic carbocycles. The van der Waals surface area contributed by atoms with Crippen LogP contribution in [0.2, 0.25) is 0 Å². The smallest absolute Gasteiger partial charge is 0.338 e. The zero-order valence-corrected chi connectivity index (χ0v) is 13.9. The lowest BCUT2D eigenvalue weighted by molar-refractivity contribution is -0.128. The fraction of sp³-hybridized carbons (Fsp3) is 0.412. The van der Waals surface area contributed by atoms with E-state index in [0.29, 0.717) is 24.3 Å². The Morgan fingerprint density at radius 1 is 1.24 bits per heavy atom. The monoisotopic (exact) mass is 345 g/mol. The molecule has 2 aliphatic heterocycles. The van der Waals surface area contributed by atoms with Crippen LogP contribution in [-0.2, 0) is 19.1 Å². The number of nitrogens with zero attached hydrogens (tertiary/aromatic N) is 2. The molecule has 3 amide bonds. The molecule has 0 bridgehead atoms. The van der Waals surface area contributed by atoms with E-state index in [1.54, 1.807) is 24.0 Å². The van der Waals surface area contributed by atoms with Gasteiger partial charge in [-0.2, -0.15) is 0 Å². The predicted molar refractivity (Wildman–Crippen MR) is 87.9 cm³/mol. The Kier molecular flexibility index (Phi) is 4.80. The number of rotatable bonds is 4. The summed E-state index contributed by atoms with van der Waals surface area (Å²) in [6.07, 6.45) is 0.0474. The Balaban J connectivity index is 1.76. The van der Waals surface area contributed by atoms with Crippen molar-refractivity contribution in [2.45, 2.75) is 19.4 Å². The molecule has 1 aromatic carbocycles. The summed E-state index contributed by atoms with van der Waals surface area (Å²) < 4.78 is 4.91. The molecule has 2 fully saturated rings. The molecular formula is C17H19N3O5. The molecule has 1 atom stereocenters. The standard InChI is InChI=1S/C17H19N3O5/c1-2-25-17(24)11-3-5-12(6-4-11)20-15(22)9-13(16(20)23)19-8-7-18-14(21)10-19/h3-6,13H,2,7-10H2,1H3,(H,18,21)/t13-/m1/s1. The Labute approximate surface area is 144 Å². The third-order valence-corrected chi connectivity index (χ3v) is 4.27. The first-order chi connectivity index (χ1) is 12.0. The zero-order chi connectivity index (χ0) is 18.0. The fourth-order valence-electron chi connectivity index (χ4n) is 3.06. The Morgan fingerprint density at radius 2 is 1.96 bits per heavy atom. The molecule has 132 valence electrons. The Morgan fingerprint density at radius 3 is 2.60 bits per heavy atom. The van der Waals surface area contributed by atoms with Crippen LogP contribution < -0.4 is 10.2 Å². The maximum atomic E-state index is 12.7. The van der Waals surface area contributed by atoms with Crippen LogP contribution in [0.15, 0.2) is 24.3 Å². The topological polar surface area (TPSA) is 96.0 Å². The van der Waals surface area contributed by atoms with Gasteiger partial charge in [-0.05, 0) is 31.2 Å². The molecule has 1 aromatic rings. The van der Waals surface area contributed by atoms with Crippen molar-refractivity contribution >= 4 is 29.4 Å². The van der Waals surface area contributed by atoms with Gasteiger partial charge in [0.25, 0.3) is 5.91 Å². The highest BCUT2D eigenvalue weighted by Gasteiger charge is 2.43. The van der Waals surface area contributed by atoms with Crippen molar-refractivity contribution in [3.8, 4) is 0 Å². The number of hydrogen-bond acceptors (Lipinski definition) is 6. The molecule has 0 radical (unpaired) electrons. The number of imide groups is 1. The Bertz CT molecular complexity index is 715. The molecule has 0 aromatic heterocycles. The summed E-state index contributed by atoms with van der Waals surface area (Å²) in [6.45, 7) is 3.10. The number of nitrogens with one attached hydrogen (secondary N) is 1. The lowest BCUT2D eigenvalue weighted by Gasteiger charge is -2.30. The third kappa shape index (κ3) is 3.39. The minimum atomic E-state index is -0.622. The number of anilines is 1. The zero-order valence-electron chi connectivity index (χ0n) is 13.9. The average Bonchev–Trinajstić information content (AvgIpc) is 2.90. The minimum absolute atomic E-state index is 0.0474. The number of benzene rings is 1. The number of esters is 1. The summed E-state index contributed by atoms with van der Waals surface area (Å²) in [7, 11) is 0. The van der Waals surface area contributed by atoms with Crippen LogP contribution >= 0.6 is 0 Å². The van der Waals surface area contributed by atoms with E-state index < -0.39 is 12.0 Å². The molecule has 8 nitrogen and oxygen atoms in total. The van der Waals surface area contributed by atoms with Crippen molar-refractivity contribution in [3.05, 3.63) is 29.8 Å². The molecule has 0 spiro atoms. The molecule has 8 heteroatoms. The maximum absolute atomic E-state index is 12.7. The van der Waals surface area contributed by atoms with E-state index in [-0.39, 0.29) is 37.3 Å². The first kappa shape index (κ1) is 17.1. The van der Waals surface area contributed by atoms with Crippen LogP contribution in [0.1, 0.15) is 23.7 Å². The quantitative estimate of drug-likeness (QED) is 0.606. The SMILES string of the molecule is CCOC(=O)c1ccc(N2C(=O)C[C@@H](N3CCNC(=O)C3)C2=O)cc1. The van der Waals surface area contributed by atoms with E-state index in [9.17, 15) is 19.2 Å². The van der Waals surface area contributed by atoms with E-state index >= 15 is 0 Å². The van der Waals surface area contributed by atoms with Crippen LogP contribution in [0.4, 0.5) is 5.69 Å². The molecule has 25 heavy (non-hydrogen) atoms. The highest BCUT2D eigenvalue weighted by atomic mass is 16.5. The minimum Gasteiger partial charge on any atom is -0.462 e. The number of carbonyl (C=O) groups is 4. The van der Waals surface area contributed by atoms with Crippen molar-refractivity contribution < 1.29 is 23.9 Å². The molecule has 2 saturated heterocycles.